The minimum atomic E-state index is -4.39. The second-order valence-electron chi connectivity index (χ2n) is 4.31. The molecule has 1 aromatic heterocycles. The standard InChI is InChI=1S/C14H14F3N3O/c15-14(16,17)11-4-1-3-10(7-11)13-19-8-12(9-20-13)21-6-2-5-18/h1,3-4,7-9H,2,5-6,18H2. The molecule has 7 heteroatoms. The lowest BCUT2D eigenvalue weighted by Crippen LogP contribution is -2.06. The number of halogens is 3. The van der Waals surface area contributed by atoms with Gasteiger partial charge in [0.25, 0.3) is 0 Å². The van der Waals surface area contributed by atoms with Gasteiger partial charge in [0, 0.05) is 5.56 Å². The Morgan fingerprint density at radius 2 is 1.86 bits per heavy atom. The van der Waals surface area contributed by atoms with E-state index in [-0.39, 0.29) is 5.82 Å². The summed E-state index contributed by atoms with van der Waals surface area (Å²) < 4.78 is 43.3. The molecule has 1 aromatic carbocycles. The van der Waals surface area contributed by atoms with E-state index in [1.807, 2.05) is 0 Å². The van der Waals surface area contributed by atoms with E-state index in [9.17, 15) is 13.2 Å². The van der Waals surface area contributed by atoms with Gasteiger partial charge in [0.05, 0.1) is 24.6 Å². The van der Waals surface area contributed by atoms with Gasteiger partial charge < -0.3 is 10.5 Å². The first kappa shape index (κ1) is 15.2. The third kappa shape index (κ3) is 4.16. The van der Waals surface area contributed by atoms with Crippen molar-refractivity contribution < 1.29 is 17.9 Å². The summed E-state index contributed by atoms with van der Waals surface area (Å²) in [5, 5.41) is 0. The predicted octanol–water partition coefficient (Wildman–Crippen LogP) is 2.89. The van der Waals surface area contributed by atoms with E-state index in [1.165, 1.54) is 24.5 Å². The zero-order chi connectivity index (χ0) is 15.3. The fraction of sp³-hybridized carbons (Fsp3) is 0.286. The van der Waals surface area contributed by atoms with Gasteiger partial charge in [0.15, 0.2) is 11.6 Å². The lowest BCUT2D eigenvalue weighted by atomic mass is 10.1. The topological polar surface area (TPSA) is 61.0 Å². The van der Waals surface area contributed by atoms with Crippen LogP contribution < -0.4 is 10.5 Å². The molecule has 4 nitrogen and oxygen atoms in total. The van der Waals surface area contributed by atoms with E-state index >= 15 is 0 Å². The predicted molar refractivity (Wildman–Crippen MR) is 71.6 cm³/mol. The van der Waals surface area contributed by atoms with E-state index in [0.29, 0.717) is 30.9 Å². The average molecular weight is 297 g/mol. The van der Waals surface area contributed by atoms with Crippen molar-refractivity contribution in [1.82, 2.24) is 9.97 Å². The highest BCUT2D eigenvalue weighted by molar-refractivity contribution is 5.56. The Balaban J connectivity index is 2.15. The van der Waals surface area contributed by atoms with Gasteiger partial charge in [-0.1, -0.05) is 12.1 Å². The van der Waals surface area contributed by atoms with Crippen LogP contribution >= 0.6 is 0 Å². The maximum atomic E-state index is 12.6. The molecule has 0 fully saturated rings. The number of ether oxygens (including phenoxy) is 1. The van der Waals surface area contributed by atoms with E-state index < -0.39 is 11.7 Å². The van der Waals surface area contributed by atoms with Crippen LogP contribution in [0.15, 0.2) is 36.7 Å². The molecule has 0 saturated heterocycles. The van der Waals surface area contributed by atoms with Gasteiger partial charge in [-0.3, -0.25) is 0 Å². The Morgan fingerprint density at radius 3 is 2.48 bits per heavy atom. The fourth-order valence-corrected chi connectivity index (χ4v) is 1.65. The van der Waals surface area contributed by atoms with Gasteiger partial charge in [0.1, 0.15) is 0 Å². The molecule has 2 rings (SSSR count). The third-order valence-corrected chi connectivity index (χ3v) is 2.69. The molecular weight excluding hydrogens is 283 g/mol. The van der Waals surface area contributed by atoms with Crippen LogP contribution in [0.3, 0.4) is 0 Å². The van der Waals surface area contributed by atoms with Crippen LogP contribution in [-0.2, 0) is 6.18 Å². The van der Waals surface area contributed by atoms with Crippen LogP contribution in [0, 0.1) is 0 Å². The van der Waals surface area contributed by atoms with Gasteiger partial charge in [-0.05, 0) is 25.1 Å². The molecule has 0 radical (unpaired) electrons. The summed E-state index contributed by atoms with van der Waals surface area (Å²) in [6.45, 7) is 0.964. The van der Waals surface area contributed by atoms with Crippen molar-refractivity contribution >= 4 is 0 Å². The Labute approximate surface area is 119 Å². The number of nitrogens with zero attached hydrogens (tertiary/aromatic N) is 2. The van der Waals surface area contributed by atoms with Gasteiger partial charge in [0.2, 0.25) is 0 Å². The summed E-state index contributed by atoms with van der Waals surface area (Å²) in [5.74, 6) is 0.673. The van der Waals surface area contributed by atoms with Crippen molar-refractivity contribution in [3.63, 3.8) is 0 Å². The Bertz CT molecular complexity index is 585. The average Bonchev–Trinajstić information content (AvgIpc) is 2.47. The van der Waals surface area contributed by atoms with Crippen LogP contribution in [0.5, 0.6) is 5.75 Å². The molecule has 2 N–H and O–H groups in total. The molecule has 21 heavy (non-hydrogen) atoms. The lowest BCUT2D eigenvalue weighted by molar-refractivity contribution is -0.137. The molecule has 0 unspecified atom stereocenters. The van der Waals surface area contributed by atoms with Crippen LogP contribution in [0.2, 0.25) is 0 Å². The summed E-state index contributed by atoms with van der Waals surface area (Å²) in [4.78, 5) is 8.03. The minimum absolute atomic E-state index is 0.215. The first-order valence-electron chi connectivity index (χ1n) is 6.33. The number of rotatable bonds is 5. The molecule has 0 bridgehead atoms. The molecule has 0 aliphatic rings. The van der Waals surface area contributed by atoms with Gasteiger partial charge in [-0.25, -0.2) is 9.97 Å². The maximum absolute atomic E-state index is 12.6. The van der Waals surface area contributed by atoms with Gasteiger partial charge >= 0.3 is 6.18 Å². The van der Waals surface area contributed by atoms with Crippen LogP contribution in [0.25, 0.3) is 11.4 Å². The summed E-state index contributed by atoms with van der Waals surface area (Å²) in [6, 6.07) is 4.88. The van der Waals surface area contributed by atoms with Gasteiger partial charge in [-0.15, -0.1) is 0 Å². The summed E-state index contributed by atoms with van der Waals surface area (Å²) in [5.41, 5.74) is 4.91. The Hall–Kier alpha value is -2.15. The molecule has 1 heterocycles. The second-order valence-corrected chi connectivity index (χ2v) is 4.31. The van der Waals surface area contributed by atoms with Crippen molar-refractivity contribution in [2.24, 2.45) is 5.73 Å². The molecule has 2 aromatic rings. The smallest absolute Gasteiger partial charge is 0.416 e. The minimum Gasteiger partial charge on any atom is -0.490 e. The summed E-state index contributed by atoms with van der Waals surface area (Å²) >= 11 is 0. The number of benzene rings is 1. The monoisotopic (exact) mass is 297 g/mol. The number of alkyl halides is 3. The summed E-state index contributed by atoms with van der Waals surface area (Å²) in [6.07, 6.45) is -0.825. The van der Waals surface area contributed by atoms with Crippen LogP contribution in [0.4, 0.5) is 13.2 Å². The fourth-order valence-electron chi connectivity index (χ4n) is 1.65. The van der Waals surface area contributed by atoms with E-state index in [0.717, 1.165) is 12.1 Å². The van der Waals surface area contributed by atoms with E-state index in [4.69, 9.17) is 10.5 Å². The molecule has 0 aliphatic heterocycles. The molecule has 0 aliphatic carbocycles. The SMILES string of the molecule is NCCCOc1cnc(-c2cccc(C(F)(F)F)c2)nc1. The third-order valence-electron chi connectivity index (χ3n) is 2.69. The lowest BCUT2D eigenvalue weighted by Gasteiger charge is -2.08. The molecule has 0 amide bonds. The van der Waals surface area contributed by atoms with Crippen molar-refractivity contribution in [2.45, 2.75) is 12.6 Å². The number of aromatic nitrogens is 2. The first-order chi connectivity index (χ1) is 10.0. The molecule has 0 atom stereocenters. The van der Waals surface area contributed by atoms with E-state index in [1.54, 1.807) is 0 Å². The zero-order valence-corrected chi connectivity index (χ0v) is 11.1. The largest absolute Gasteiger partial charge is 0.490 e. The Morgan fingerprint density at radius 1 is 1.14 bits per heavy atom. The zero-order valence-electron chi connectivity index (χ0n) is 11.1. The van der Waals surface area contributed by atoms with Crippen LogP contribution in [-0.4, -0.2) is 23.1 Å². The Kier molecular flexibility index (Phi) is 4.74. The van der Waals surface area contributed by atoms with E-state index in [2.05, 4.69) is 9.97 Å². The summed E-state index contributed by atoms with van der Waals surface area (Å²) in [7, 11) is 0. The maximum Gasteiger partial charge on any atom is 0.416 e. The first-order valence-corrected chi connectivity index (χ1v) is 6.33. The van der Waals surface area contributed by atoms with Crippen molar-refractivity contribution in [1.29, 1.82) is 0 Å². The highest BCUT2D eigenvalue weighted by Crippen LogP contribution is 2.31. The van der Waals surface area contributed by atoms with Crippen molar-refractivity contribution in [2.75, 3.05) is 13.2 Å². The van der Waals surface area contributed by atoms with Gasteiger partial charge in [-0.2, -0.15) is 13.2 Å². The molecule has 112 valence electrons. The molecule has 0 saturated carbocycles. The van der Waals surface area contributed by atoms with Crippen molar-refractivity contribution in [3.05, 3.63) is 42.2 Å². The normalized spacial score (nSPS) is 11.4. The quantitative estimate of drug-likeness (QED) is 0.862. The second kappa shape index (κ2) is 6.53. The number of hydrogen-bond acceptors (Lipinski definition) is 4. The number of nitrogens with two attached hydrogens (primary N) is 1. The van der Waals surface area contributed by atoms with Crippen molar-refractivity contribution in [3.8, 4) is 17.1 Å². The molecular formula is C14H14F3N3O. The van der Waals surface area contributed by atoms with Crippen LogP contribution in [0.1, 0.15) is 12.0 Å². The highest BCUT2D eigenvalue weighted by Gasteiger charge is 2.30. The number of hydrogen-bond donors (Lipinski definition) is 1. The highest BCUT2D eigenvalue weighted by atomic mass is 19.4. The molecule has 0 spiro atoms.